The van der Waals surface area contributed by atoms with Gasteiger partial charge in [-0.25, -0.2) is 4.39 Å². The van der Waals surface area contributed by atoms with Gasteiger partial charge < -0.3 is 9.64 Å². The zero-order valence-electron chi connectivity index (χ0n) is 11.3. The summed E-state index contributed by atoms with van der Waals surface area (Å²) in [4.78, 5) is 22.5. The second kappa shape index (κ2) is 7.41. The SMILES string of the molecule is COCC(Br)CN(C)C(=O)c1c(F)ccc([N+](=O)[O-])c1F. The Labute approximate surface area is 128 Å². The minimum atomic E-state index is -1.48. The van der Waals surface area contributed by atoms with E-state index in [0.29, 0.717) is 12.1 Å². The fourth-order valence-electron chi connectivity index (χ4n) is 1.68. The molecular formula is C12H13BrF2N2O4. The Bertz CT molecular complexity index is 556. The molecular weight excluding hydrogens is 354 g/mol. The van der Waals surface area contributed by atoms with Gasteiger partial charge in [0.25, 0.3) is 5.91 Å². The number of ether oxygens (including phenoxy) is 1. The maximum atomic E-state index is 13.9. The molecule has 0 aromatic heterocycles. The van der Waals surface area contributed by atoms with Crippen LogP contribution in [-0.2, 0) is 4.74 Å². The predicted molar refractivity (Wildman–Crippen MR) is 74.6 cm³/mol. The number of hydrogen-bond acceptors (Lipinski definition) is 4. The first-order chi connectivity index (χ1) is 9.79. The van der Waals surface area contributed by atoms with Crippen molar-refractivity contribution in [3.8, 4) is 0 Å². The van der Waals surface area contributed by atoms with Gasteiger partial charge in [0.15, 0.2) is 0 Å². The maximum absolute atomic E-state index is 13.9. The second-order valence-corrected chi connectivity index (χ2v) is 5.55. The van der Waals surface area contributed by atoms with Gasteiger partial charge >= 0.3 is 5.69 Å². The van der Waals surface area contributed by atoms with Crippen LogP contribution in [0.15, 0.2) is 12.1 Å². The van der Waals surface area contributed by atoms with Crippen LogP contribution in [0.25, 0.3) is 0 Å². The third-order valence-corrected chi connectivity index (χ3v) is 3.20. The molecule has 6 nitrogen and oxygen atoms in total. The minimum Gasteiger partial charge on any atom is -0.383 e. The molecule has 0 heterocycles. The number of methoxy groups -OCH3 is 1. The van der Waals surface area contributed by atoms with Crippen molar-refractivity contribution in [2.24, 2.45) is 0 Å². The van der Waals surface area contributed by atoms with Gasteiger partial charge in [0, 0.05) is 26.8 Å². The Morgan fingerprint density at radius 3 is 2.67 bits per heavy atom. The van der Waals surface area contributed by atoms with Crippen LogP contribution in [0.3, 0.4) is 0 Å². The molecule has 1 atom stereocenters. The van der Waals surface area contributed by atoms with Gasteiger partial charge in [0.05, 0.1) is 16.4 Å². The van der Waals surface area contributed by atoms with Crippen LogP contribution in [0.4, 0.5) is 14.5 Å². The highest BCUT2D eigenvalue weighted by Gasteiger charge is 2.28. The number of rotatable bonds is 6. The summed E-state index contributed by atoms with van der Waals surface area (Å²) >= 11 is 3.24. The lowest BCUT2D eigenvalue weighted by Crippen LogP contribution is -2.34. The summed E-state index contributed by atoms with van der Waals surface area (Å²) in [6.07, 6.45) is 0. The van der Waals surface area contributed by atoms with Crippen LogP contribution in [-0.4, -0.2) is 47.9 Å². The summed E-state index contributed by atoms with van der Waals surface area (Å²) in [5, 5.41) is 10.6. The Kier molecular flexibility index (Phi) is 6.16. The summed E-state index contributed by atoms with van der Waals surface area (Å²) in [6.45, 7) is 0.408. The van der Waals surface area contributed by atoms with Gasteiger partial charge in [-0.3, -0.25) is 14.9 Å². The quantitative estimate of drug-likeness (QED) is 0.440. The van der Waals surface area contributed by atoms with Crippen molar-refractivity contribution < 1.29 is 23.2 Å². The van der Waals surface area contributed by atoms with Crippen LogP contribution in [0.5, 0.6) is 0 Å². The molecule has 0 aliphatic rings. The van der Waals surface area contributed by atoms with Crippen molar-refractivity contribution in [1.82, 2.24) is 4.90 Å². The van der Waals surface area contributed by atoms with Gasteiger partial charge in [0.1, 0.15) is 11.4 Å². The van der Waals surface area contributed by atoms with E-state index < -0.39 is 33.7 Å². The molecule has 0 radical (unpaired) electrons. The van der Waals surface area contributed by atoms with Crippen LogP contribution >= 0.6 is 15.9 Å². The summed E-state index contributed by atoms with van der Waals surface area (Å²) in [5.74, 6) is -3.60. The monoisotopic (exact) mass is 366 g/mol. The molecule has 1 amide bonds. The van der Waals surface area contributed by atoms with Crippen LogP contribution in [0, 0.1) is 21.7 Å². The number of nitrogens with zero attached hydrogens (tertiary/aromatic N) is 2. The van der Waals surface area contributed by atoms with E-state index in [1.54, 1.807) is 0 Å². The van der Waals surface area contributed by atoms with E-state index in [4.69, 9.17) is 4.74 Å². The third-order valence-electron chi connectivity index (χ3n) is 2.65. The number of carbonyl (C=O) groups excluding carboxylic acids is 1. The predicted octanol–water partition coefficient (Wildman–Crippen LogP) is 2.35. The minimum absolute atomic E-state index is 0.119. The van der Waals surface area contributed by atoms with Crippen molar-refractivity contribution in [3.05, 3.63) is 39.4 Å². The van der Waals surface area contributed by atoms with E-state index in [1.807, 2.05) is 0 Å². The van der Waals surface area contributed by atoms with E-state index in [9.17, 15) is 23.7 Å². The lowest BCUT2D eigenvalue weighted by Gasteiger charge is -2.20. The van der Waals surface area contributed by atoms with E-state index in [1.165, 1.54) is 14.2 Å². The number of nitro benzene ring substituents is 1. The summed E-state index contributed by atoms with van der Waals surface area (Å²) in [5.41, 5.74) is -1.88. The molecule has 0 spiro atoms. The number of amides is 1. The molecule has 21 heavy (non-hydrogen) atoms. The lowest BCUT2D eigenvalue weighted by atomic mass is 10.1. The average molecular weight is 367 g/mol. The van der Waals surface area contributed by atoms with Crippen molar-refractivity contribution in [3.63, 3.8) is 0 Å². The smallest absolute Gasteiger partial charge is 0.305 e. The van der Waals surface area contributed by atoms with Gasteiger partial charge in [-0.2, -0.15) is 4.39 Å². The van der Waals surface area contributed by atoms with E-state index in [-0.39, 0.29) is 18.0 Å². The fourth-order valence-corrected chi connectivity index (χ4v) is 2.38. The molecule has 1 aromatic rings. The molecule has 1 unspecified atom stereocenters. The highest BCUT2D eigenvalue weighted by atomic mass is 79.9. The highest BCUT2D eigenvalue weighted by molar-refractivity contribution is 9.09. The summed E-state index contributed by atoms with van der Waals surface area (Å²) < 4.78 is 32.4. The second-order valence-electron chi connectivity index (χ2n) is 4.25. The standard InChI is InChI=1S/C12H13BrF2N2O4/c1-16(5-7(13)6-21-2)12(18)10-8(14)3-4-9(11(10)15)17(19)20/h3-4,7H,5-6H2,1-2H3. The Morgan fingerprint density at radius 1 is 1.52 bits per heavy atom. The molecule has 0 bridgehead atoms. The van der Waals surface area contributed by atoms with Gasteiger partial charge in [0.2, 0.25) is 5.82 Å². The molecule has 116 valence electrons. The summed E-state index contributed by atoms with van der Waals surface area (Å²) in [6, 6.07) is 1.38. The molecule has 1 aromatic carbocycles. The average Bonchev–Trinajstić information content (AvgIpc) is 2.38. The van der Waals surface area contributed by atoms with Gasteiger partial charge in [-0.15, -0.1) is 0 Å². The molecule has 1 rings (SSSR count). The first-order valence-corrected chi connectivity index (χ1v) is 6.72. The molecule has 0 fully saturated rings. The number of benzene rings is 1. The molecule has 0 saturated heterocycles. The number of alkyl halides is 1. The topological polar surface area (TPSA) is 72.7 Å². The van der Waals surface area contributed by atoms with Crippen LogP contribution < -0.4 is 0 Å². The normalized spacial score (nSPS) is 12.0. The number of nitro groups is 1. The molecule has 0 N–H and O–H groups in total. The van der Waals surface area contributed by atoms with Crippen molar-refractivity contribution in [2.75, 3.05) is 27.3 Å². The first-order valence-electron chi connectivity index (χ1n) is 5.80. The zero-order chi connectivity index (χ0) is 16.2. The van der Waals surface area contributed by atoms with Gasteiger partial charge in [-0.1, -0.05) is 15.9 Å². The van der Waals surface area contributed by atoms with Gasteiger partial charge in [-0.05, 0) is 6.07 Å². The zero-order valence-corrected chi connectivity index (χ0v) is 12.9. The molecule has 0 saturated carbocycles. The number of halogens is 3. The maximum Gasteiger partial charge on any atom is 0.305 e. The van der Waals surface area contributed by atoms with Crippen molar-refractivity contribution in [1.29, 1.82) is 0 Å². The van der Waals surface area contributed by atoms with Crippen molar-refractivity contribution >= 4 is 27.5 Å². The Hall–Kier alpha value is -1.61. The first kappa shape index (κ1) is 17.4. The van der Waals surface area contributed by atoms with E-state index in [2.05, 4.69) is 15.9 Å². The molecule has 0 aliphatic heterocycles. The Balaban J connectivity index is 3.07. The number of hydrogen-bond donors (Lipinski definition) is 0. The Morgan fingerprint density at radius 2 is 2.14 bits per heavy atom. The largest absolute Gasteiger partial charge is 0.383 e. The van der Waals surface area contributed by atoms with E-state index >= 15 is 0 Å². The highest BCUT2D eigenvalue weighted by Crippen LogP contribution is 2.24. The molecule has 0 aliphatic carbocycles. The van der Waals surface area contributed by atoms with Crippen LogP contribution in [0.2, 0.25) is 0 Å². The fraction of sp³-hybridized carbons (Fsp3) is 0.417. The van der Waals surface area contributed by atoms with Crippen molar-refractivity contribution in [2.45, 2.75) is 4.83 Å². The lowest BCUT2D eigenvalue weighted by molar-refractivity contribution is -0.387. The van der Waals surface area contributed by atoms with Crippen LogP contribution in [0.1, 0.15) is 10.4 Å². The summed E-state index contributed by atoms with van der Waals surface area (Å²) in [7, 11) is 2.81. The van der Waals surface area contributed by atoms with E-state index in [0.717, 1.165) is 4.90 Å². The molecule has 9 heteroatoms. The third kappa shape index (κ3) is 4.18. The number of carbonyl (C=O) groups is 1.